The van der Waals surface area contributed by atoms with Gasteiger partial charge in [0.05, 0.1) is 24.1 Å². The molecule has 2 amide bonds. The summed E-state index contributed by atoms with van der Waals surface area (Å²) < 4.78 is 5.63. The Morgan fingerprint density at radius 1 is 1.42 bits per heavy atom. The second-order valence-electron chi connectivity index (χ2n) is 7.37. The molecule has 1 N–H and O–H groups in total. The number of aliphatic hydroxyl groups excluding tert-OH is 1. The van der Waals surface area contributed by atoms with E-state index in [0.29, 0.717) is 37.0 Å². The lowest BCUT2D eigenvalue weighted by atomic mass is 10.0. The maximum Gasteiger partial charge on any atom is 0.227 e. The highest BCUT2D eigenvalue weighted by atomic mass is 35.5. The highest BCUT2D eigenvalue weighted by Crippen LogP contribution is 2.45. The average Bonchev–Trinajstić information content (AvgIpc) is 3.31. The standard InChI is InChI=1S/C19H25ClN2O4/c1-21(12-19(13-23)6-7-19)18(25)14-10-17(24)22(11-14)8-9-26-16-5-3-2-4-15(16)20/h2-5,14,23H,6-13H2,1H3. The number of amides is 2. The number of hydrogen-bond acceptors (Lipinski definition) is 4. The van der Waals surface area contributed by atoms with Gasteiger partial charge in [-0.3, -0.25) is 9.59 Å². The Bertz CT molecular complexity index is 677. The van der Waals surface area contributed by atoms with Crippen LogP contribution in [0.5, 0.6) is 5.75 Å². The van der Waals surface area contributed by atoms with Gasteiger partial charge in [-0.2, -0.15) is 0 Å². The van der Waals surface area contributed by atoms with Crippen molar-refractivity contribution in [3.8, 4) is 5.75 Å². The molecule has 7 heteroatoms. The van der Waals surface area contributed by atoms with Gasteiger partial charge in [0, 0.05) is 32.0 Å². The lowest BCUT2D eigenvalue weighted by Crippen LogP contribution is -2.39. The van der Waals surface area contributed by atoms with Crippen LogP contribution in [0.2, 0.25) is 5.02 Å². The Balaban J connectivity index is 1.47. The molecule has 2 fully saturated rings. The third kappa shape index (κ3) is 4.30. The van der Waals surface area contributed by atoms with Gasteiger partial charge in [-0.05, 0) is 25.0 Å². The van der Waals surface area contributed by atoms with E-state index in [1.807, 2.05) is 12.1 Å². The largest absolute Gasteiger partial charge is 0.490 e. The van der Waals surface area contributed by atoms with Crippen LogP contribution in [0.4, 0.5) is 0 Å². The number of carbonyl (C=O) groups excluding carboxylic acids is 2. The molecule has 2 aliphatic rings. The molecule has 1 aromatic carbocycles. The molecule has 6 nitrogen and oxygen atoms in total. The van der Waals surface area contributed by atoms with Crippen molar-refractivity contribution >= 4 is 23.4 Å². The summed E-state index contributed by atoms with van der Waals surface area (Å²) in [7, 11) is 1.76. The number of halogens is 1. The molecular weight excluding hydrogens is 356 g/mol. The van der Waals surface area contributed by atoms with Crippen molar-refractivity contribution in [3.63, 3.8) is 0 Å². The van der Waals surface area contributed by atoms with Crippen LogP contribution in [0.1, 0.15) is 19.3 Å². The first-order valence-corrected chi connectivity index (χ1v) is 9.33. The van der Waals surface area contributed by atoms with Crippen LogP contribution in [0, 0.1) is 11.3 Å². The maximum atomic E-state index is 12.6. The van der Waals surface area contributed by atoms with Crippen molar-refractivity contribution in [2.24, 2.45) is 11.3 Å². The van der Waals surface area contributed by atoms with E-state index >= 15 is 0 Å². The lowest BCUT2D eigenvalue weighted by Gasteiger charge is -2.25. The van der Waals surface area contributed by atoms with Gasteiger partial charge in [-0.25, -0.2) is 0 Å². The van der Waals surface area contributed by atoms with Crippen molar-refractivity contribution in [3.05, 3.63) is 29.3 Å². The Morgan fingerprint density at radius 3 is 2.81 bits per heavy atom. The van der Waals surface area contributed by atoms with Gasteiger partial charge in [-0.15, -0.1) is 0 Å². The number of hydrogen-bond donors (Lipinski definition) is 1. The summed E-state index contributed by atoms with van der Waals surface area (Å²) in [6.45, 7) is 1.85. The Labute approximate surface area is 158 Å². The molecule has 1 atom stereocenters. The van der Waals surface area contributed by atoms with Gasteiger partial charge in [-0.1, -0.05) is 23.7 Å². The van der Waals surface area contributed by atoms with Crippen LogP contribution in [0.25, 0.3) is 0 Å². The van der Waals surface area contributed by atoms with E-state index < -0.39 is 0 Å². The number of carbonyl (C=O) groups is 2. The van der Waals surface area contributed by atoms with Gasteiger partial charge in [0.25, 0.3) is 0 Å². The molecule has 3 rings (SSSR count). The zero-order chi connectivity index (χ0) is 18.7. The van der Waals surface area contributed by atoms with Crippen LogP contribution in [0.15, 0.2) is 24.3 Å². The van der Waals surface area contributed by atoms with E-state index in [9.17, 15) is 14.7 Å². The van der Waals surface area contributed by atoms with Crippen LogP contribution < -0.4 is 4.74 Å². The van der Waals surface area contributed by atoms with Crippen molar-refractivity contribution < 1.29 is 19.4 Å². The second-order valence-corrected chi connectivity index (χ2v) is 7.78. The molecule has 1 aliphatic heterocycles. The monoisotopic (exact) mass is 380 g/mol. The third-order valence-corrected chi connectivity index (χ3v) is 5.57. The van der Waals surface area contributed by atoms with Crippen LogP contribution in [-0.4, -0.2) is 66.6 Å². The van der Waals surface area contributed by atoms with Crippen LogP contribution >= 0.6 is 11.6 Å². The Kier molecular flexibility index (Phi) is 5.73. The predicted molar refractivity (Wildman–Crippen MR) is 98.0 cm³/mol. The molecule has 1 saturated carbocycles. The maximum absolute atomic E-state index is 12.6. The first kappa shape index (κ1) is 19.0. The number of benzene rings is 1. The molecule has 1 unspecified atom stereocenters. The lowest BCUT2D eigenvalue weighted by molar-refractivity contribution is -0.135. The minimum atomic E-state index is -0.317. The van der Waals surface area contributed by atoms with E-state index in [-0.39, 0.29) is 36.2 Å². The summed E-state index contributed by atoms with van der Waals surface area (Å²) in [4.78, 5) is 28.2. The predicted octanol–water partition coefficient (Wildman–Crippen LogP) is 1.80. The average molecular weight is 381 g/mol. The van der Waals surface area contributed by atoms with Gasteiger partial charge in [0.1, 0.15) is 12.4 Å². The van der Waals surface area contributed by atoms with Gasteiger partial charge in [0.2, 0.25) is 11.8 Å². The minimum absolute atomic E-state index is 0.0207. The van der Waals surface area contributed by atoms with Crippen molar-refractivity contribution in [1.82, 2.24) is 9.80 Å². The number of nitrogens with zero attached hydrogens (tertiary/aromatic N) is 2. The third-order valence-electron chi connectivity index (χ3n) is 5.26. The second kappa shape index (κ2) is 7.84. The Hall–Kier alpha value is -1.79. The Morgan fingerprint density at radius 2 is 2.15 bits per heavy atom. The molecule has 26 heavy (non-hydrogen) atoms. The van der Waals surface area contributed by atoms with E-state index in [1.165, 1.54) is 0 Å². The highest BCUT2D eigenvalue weighted by Gasteiger charge is 2.45. The molecule has 142 valence electrons. The number of aliphatic hydroxyl groups is 1. The summed E-state index contributed by atoms with van der Waals surface area (Å²) in [5.74, 6) is 0.226. The highest BCUT2D eigenvalue weighted by molar-refractivity contribution is 6.32. The molecule has 0 spiro atoms. The summed E-state index contributed by atoms with van der Waals surface area (Å²) in [5, 5.41) is 9.96. The van der Waals surface area contributed by atoms with E-state index in [2.05, 4.69) is 0 Å². The molecule has 0 radical (unpaired) electrons. The summed E-state index contributed by atoms with van der Waals surface area (Å²) in [6, 6.07) is 7.20. The minimum Gasteiger partial charge on any atom is -0.490 e. The van der Waals surface area contributed by atoms with Crippen molar-refractivity contribution in [2.75, 3.05) is 39.9 Å². The van der Waals surface area contributed by atoms with Gasteiger partial charge in [0.15, 0.2) is 0 Å². The smallest absolute Gasteiger partial charge is 0.227 e. The molecule has 1 saturated heterocycles. The molecule has 0 bridgehead atoms. The molecular formula is C19H25ClN2O4. The van der Waals surface area contributed by atoms with E-state index in [1.54, 1.807) is 29.0 Å². The molecule has 0 aromatic heterocycles. The van der Waals surface area contributed by atoms with Crippen molar-refractivity contribution in [2.45, 2.75) is 19.3 Å². The SMILES string of the molecule is CN(CC1(CO)CC1)C(=O)C1CC(=O)N(CCOc2ccccc2Cl)C1. The summed E-state index contributed by atoms with van der Waals surface area (Å²) >= 11 is 6.04. The zero-order valence-electron chi connectivity index (χ0n) is 15.0. The quantitative estimate of drug-likeness (QED) is 0.746. The fourth-order valence-corrected chi connectivity index (χ4v) is 3.61. The molecule has 1 heterocycles. The fraction of sp³-hybridized carbons (Fsp3) is 0.579. The summed E-state index contributed by atoms with van der Waals surface area (Å²) in [6.07, 6.45) is 2.15. The molecule has 1 aromatic rings. The summed E-state index contributed by atoms with van der Waals surface area (Å²) in [5.41, 5.74) is -0.116. The number of ether oxygens (including phenoxy) is 1. The number of rotatable bonds is 8. The first-order valence-electron chi connectivity index (χ1n) is 8.95. The number of para-hydroxylation sites is 1. The van der Waals surface area contributed by atoms with Crippen LogP contribution in [0.3, 0.4) is 0 Å². The van der Waals surface area contributed by atoms with Gasteiger partial charge >= 0.3 is 0 Å². The van der Waals surface area contributed by atoms with E-state index in [4.69, 9.17) is 16.3 Å². The molecule has 1 aliphatic carbocycles. The number of likely N-dealkylation sites (tertiary alicyclic amines) is 1. The normalized spacial score (nSPS) is 21.0. The first-order chi connectivity index (χ1) is 12.4. The van der Waals surface area contributed by atoms with Crippen molar-refractivity contribution in [1.29, 1.82) is 0 Å². The van der Waals surface area contributed by atoms with E-state index in [0.717, 1.165) is 12.8 Å². The van der Waals surface area contributed by atoms with Gasteiger partial charge < -0.3 is 19.6 Å². The fourth-order valence-electron chi connectivity index (χ4n) is 3.42. The van der Waals surface area contributed by atoms with Crippen LogP contribution in [-0.2, 0) is 9.59 Å². The topological polar surface area (TPSA) is 70.1 Å². The zero-order valence-corrected chi connectivity index (χ0v) is 15.7.